The zero-order chi connectivity index (χ0) is 26.9. The van der Waals surface area contributed by atoms with Gasteiger partial charge >= 0.3 is 0 Å². The normalized spacial score (nSPS) is 17.9. The van der Waals surface area contributed by atoms with E-state index in [4.69, 9.17) is 5.73 Å². The molecular weight excluding hydrogens is 471 g/mol. The van der Waals surface area contributed by atoms with Crippen molar-refractivity contribution in [2.24, 2.45) is 5.92 Å². The lowest BCUT2D eigenvalue weighted by Gasteiger charge is -2.19. The summed E-state index contributed by atoms with van der Waals surface area (Å²) in [4.78, 5) is 36.6. The van der Waals surface area contributed by atoms with Crippen LogP contribution in [0.1, 0.15) is 67.8 Å². The molecule has 4 rings (SSSR count). The topological polar surface area (TPSA) is 106 Å². The van der Waals surface area contributed by atoms with Crippen molar-refractivity contribution in [2.45, 2.75) is 52.2 Å². The summed E-state index contributed by atoms with van der Waals surface area (Å²) < 4.78 is 16.3. The summed E-state index contributed by atoms with van der Waals surface area (Å²) in [5.41, 5.74) is 7.81. The van der Waals surface area contributed by atoms with Crippen LogP contribution in [0.4, 0.5) is 10.2 Å². The zero-order valence-electron chi connectivity index (χ0n) is 21.5. The zero-order valence-corrected chi connectivity index (χ0v) is 21.5. The molecule has 0 radical (unpaired) electrons. The van der Waals surface area contributed by atoms with Crippen molar-refractivity contribution in [3.8, 4) is 11.8 Å². The highest BCUT2D eigenvalue weighted by atomic mass is 19.1. The van der Waals surface area contributed by atoms with Gasteiger partial charge in [0.1, 0.15) is 29.3 Å². The maximum atomic E-state index is 14.4. The Kier molecular flexibility index (Phi) is 7.30. The summed E-state index contributed by atoms with van der Waals surface area (Å²) in [5.74, 6) is 5.49. The predicted octanol–water partition coefficient (Wildman–Crippen LogP) is 4.00. The van der Waals surface area contributed by atoms with Gasteiger partial charge in [0.05, 0.1) is 23.0 Å². The van der Waals surface area contributed by atoms with Gasteiger partial charge in [0, 0.05) is 24.1 Å². The van der Waals surface area contributed by atoms with Crippen molar-refractivity contribution >= 4 is 28.7 Å². The Labute approximate surface area is 215 Å². The van der Waals surface area contributed by atoms with Crippen molar-refractivity contribution in [3.05, 3.63) is 65.9 Å². The minimum absolute atomic E-state index is 0.0319. The molecule has 2 aromatic heterocycles. The molecular formula is C28H31FN6O2. The lowest BCUT2D eigenvalue weighted by Crippen LogP contribution is -2.32. The highest BCUT2D eigenvalue weighted by Gasteiger charge is 2.37. The highest BCUT2D eigenvalue weighted by Crippen LogP contribution is 2.36. The smallest absolute Gasteiger partial charge is 0.255 e. The first-order valence-electron chi connectivity index (χ1n) is 12.3. The van der Waals surface area contributed by atoms with Crippen LogP contribution in [0.3, 0.4) is 0 Å². The van der Waals surface area contributed by atoms with Crippen molar-refractivity contribution < 1.29 is 14.0 Å². The molecule has 1 aromatic carbocycles. The van der Waals surface area contributed by atoms with E-state index in [-0.39, 0.29) is 35.3 Å². The van der Waals surface area contributed by atoms with Gasteiger partial charge in [0.25, 0.3) is 5.91 Å². The quantitative estimate of drug-likeness (QED) is 0.405. The van der Waals surface area contributed by atoms with Gasteiger partial charge in [0.2, 0.25) is 5.91 Å². The van der Waals surface area contributed by atoms with E-state index in [9.17, 15) is 14.0 Å². The van der Waals surface area contributed by atoms with Crippen LogP contribution in [-0.2, 0) is 4.79 Å². The number of likely N-dealkylation sites (tertiary alicyclic amines) is 1. The fourth-order valence-corrected chi connectivity index (χ4v) is 4.86. The van der Waals surface area contributed by atoms with Gasteiger partial charge < -0.3 is 20.5 Å². The van der Waals surface area contributed by atoms with Gasteiger partial charge in [-0.15, -0.1) is 0 Å². The molecule has 0 saturated carbocycles. The number of benzene rings is 1. The first-order chi connectivity index (χ1) is 17.6. The predicted molar refractivity (Wildman–Crippen MR) is 141 cm³/mol. The molecule has 192 valence electrons. The first-order valence-corrected chi connectivity index (χ1v) is 12.3. The Morgan fingerprint density at radius 2 is 2.00 bits per heavy atom. The lowest BCUT2D eigenvalue weighted by molar-refractivity contribution is -0.126. The van der Waals surface area contributed by atoms with Crippen LogP contribution in [0.15, 0.2) is 43.2 Å². The number of anilines is 1. The fraction of sp³-hybridized carbons (Fsp3) is 0.357. The highest BCUT2D eigenvalue weighted by molar-refractivity contribution is 6.12. The van der Waals surface area contributed by atoms with Gasteiger partial charge in [-0.05, 0) is 38.3 Å². The number of fused-ring (bicyclic) bond motifs is 1. The van der Waals surface area contributed by atoms with Gasteiger partial charge in [-0.3, -0.25) is 9.59 Å². The maximum absolute atomic E-state index is 14.4. The Bertz CT molecular complexity index is 1430. The van der Waals surface area contributed by atoms with Crippen LogP contribution >= 0.6 is 0 Å². The molecule has 1 aliphatic rings. The molecule has 9 heteroatoms. The molecule has 0 spiro atoms. The van der Waals surface area contributed by atoms with E-state index in [2.05, 4.69) is 33.7 Å². The second-order valence-electron chi connectivity index (χ2n) is 9.63. The molecule has 1 fully saturated rings. The van der Waals surface area contributed by atoms with Crippen LogP contribution in [0.5, 0.6) is 0 Å². The SMILES string of the molecule is C=CC(=O)N1CC(n2c(C#CC(C)C)c(C(=O)NC(C)c3ccccc3F)c3c(N)ncnc32)CC1C. The molecule has 0 bridgehead atoms. The molecule has 3 atom stereocenters. The number of hydrogen-bond acceptors (Lipinski definition) is 5. The van der Waals surface area contributed by atoms with E-state index in [1.807, 2.05) is 25.3 Å². The molecule has 3 aromatic rings. The molecule has 1 aliphatic heterocycles. The maximum Gasteiger partial charge on any atom is 0.255 e. The van der Waals surface area contributed by atoms with E-state index in [1.165, 1.54) is 18.5 Å². The third-order valence-electron chi connectivity index (χ3n) is 6.61. The number of nitrogens with zero attached hydrogens (tertiary/aromatic N) is 4. The summed E-state index contributed by atoms with van der Waals surface area (Å²) in [6.07, 6.45) is 3.29. The van der Waals surface area contributed by atoms with Gasteiger partial charge in [-0.25, -0.2) is 14.4 Å². The summed E-state index contributed by atoms with van der Waals surface area (Å²) in [5, 5.41) is 3.28. The number of halogens is 1. The number of aromatic nitrogens is 3. The number of nitrogens with one attached hydrogen (secondary N) is 1. The minimum Gasteiger partial charge on any atom is -0.383 e. The average Bonchev–Trinajstić information content (AvgIpc) is 3.40. The number of hydrogen-bond donors (Lipinski definition) is 2. The Morgan fingerprint density at radius 1 is 1.27 bits per heavy atom. The Morgan fingerprint density at radius 3 is 2.68 bits per heavy atom. The van der Waals surface area contributed by atoms with E-state index >= 15 is 0 Å². The van der Waals surface area contributed by atoms with Crippen LogP contribution in [0, 0.1) is 23.6 Å². The first kappa shape index (κ1) is 25.9. The molecule has 3 heterocycles. The van der Waals surface area contributed by atoms with Crippen molar-refractivity contribution in [3.63, 3.8) is 0 Å². The monoisotopic (exact) mass is 502 g/mol. The van der Waals surface area contributed by atoms with Crippen LogP contribution in [-0.4, -0.2) is 43.8 Å². The number of nitrogens with two attached hydrogens (primary N) is 1. The molecule has 2 amide bonds. The number of nitrogen functional groups attached to an aromatic ring is 1. The molecule has 1 saturated heterocycles. The number of amides is 2. The van der Waals surface area contributed by atoms with Crippen LogP contribution in [0.25, 0.3) is 11.0 Å². The number of rotatable bonds is 5. The van der Waals surface area contributed by atoms with Gasteiger partial charge in [0.15, 0.2) is 0 Å². The molecule has 8 nitrogen and oxygen atoms in total. The number of carbonyl (C=O) groups is 2. The fourth-order valence-electron chi connectivity index (χ4n) is 4.86. The molecule has 37 heavy (non-hydrogen) atoms. The van der Waals surface area contributed by atoms with E-state index in [0.717, 1.165) is 0 Å². The summed E-state index contributed by atoms with van der Waals surface area (Å²) >= 11 is 0. The summed E-state index contributed by atoms with van der Waals surface area (Å²) in [6, 6.07) is 5.45. The van der Waals surface area contributed by atoms with Crippen molar-refractivity contribution in [2.75, 3.05) is 12.3 Å². The van der Waals surface area contributed by atoms with Crippen LogP contribution < -0.4 is 11.1 Å². The van der Waals surface area contributed by atoms with Gasteiger partial charge in [-0.1, -0.05) is 44.5 Å². The third-order valence-corrected chi connectivity index (χ3v) is 6.61. The number of carbonyl (C=O) groups excluding carboxylic acids is 2. The van der Waals surface area contributed by atoms with Crippen molar-refractivity contribution in [1.29, 1.82) is 0 Å². The van der Waals surface area contributed by atoms with Crippen LogP contribution in [0.2, 0.25) is 0 Å². The standard InChI is InChI=1S/C28H31FN6O2/c1-6-23(36)34-14-19(13-17(34)4)35-22(12-11-16(2)3)24(25-26(30)31-15-32-27(25)35)28(37)33-18(5)20-9-7-8-10-21(20)29/h6-10,15-19H,1,13-14H2,2-5H3,(H,33,37)(H2,30,31,32). The average molecular weight is 503 g/mol. The Balaban J connectivity index is 1.88. The van der Waals surface area contributed by atoms with Crippen molar-refractivity contribution in [1.82, 2.24) is 24.8 Å². The molecule has 3 N–H and O–H groups in total. The van der Waals surface area contributed by atoms with E-state index in [0.29, 0.717) is 35.3 Å². The lowest BCUT2D eigenvalue weighted by atomic mass is 10.1. The largest absolute Gasteiger partial charge is 0.383 e. The van der Waals surface area contributed by atoms with Gasteiger partial charge in [-0.2, -0.15) is 0 Å². The summed E-state index contributed by atoms with van der Waals surface area (Å²) in [7, 11) is 0. The second-order valence-corrected chi connectivity index (χ2v) is 9.63. The summed E-state index contributed by atoms with van der Waals surface area (Å²) in [6.45, 7) is 11.6. The minimum atomic E-state index is -0.615. The van der Waals surface area contributed by atoms with E-state index < -0.39 is 17.8 Å². The van der Waals surface area contributed by atoms with E-state index in [1.54, 1.807) is 30.0 Å². The third kappa shape index (κ3) is 4.92. The second kappa shape index (κ2) is 10.4. The molecule has 3 unspecified atom stereocenters. The molecule has 0 aliphatic carbocycles. The Hall–Kier alpha value is -4.19.